The molecule has 0 saturated carbocycles. The Kier molecular flexibility index (Phi) is 6.41. The molecule has 2 N–H and O–H groups in total. The largest absolute Gasteiger partial charge is 0.437 e. The molecule has 4 aromatic rings. The summed E-state index contributed by atoms with van der Waals surface area (Å²) in [6, 6.07) is 28.8. The summed E-state index contributed by atoms with van der Waals surface area (Å²) in [6.45, 7) is 6.38. The molecule has 5 nitrogen and oxygen atoms in total. The van der Waals surface area contributed by atoms with E-state index in [1.165, 1.54) is 0 Å². The van der Waals surface area contributed by atoms with Gasteiger partial charge in [0.1, 0.15) is 11.4 Å². The number of hydrogen-bond acceptors (Lipinski definition) is 3. The molecule has 0 atom stereocenters. The minimum Gasteiger partial charge on any atom is -0.437 e. The van der Waals surface area contributed by atoms with Crippen LogP contribution in [-0.4, -0.2) is 11.0 Å². The summed E-state index contributed by atoms with van der Waals surface area (Å²) in [7, 11) is 0. The maximum Gasteiger partial charge on any atom is 0.323 e. The van der Waals surface area contributed by atoms with Crippen molar-refractivity contribution in [1.82, 2.24) is 4.98 Å². The Hall–Kier alpha value is -4.12. The van der Waals surface area contributed by atoms with Gasteiger partial charge >= 0.3 is 6.03 Å². The van der Waals surface area contributed by atoms with E-state index >= 15 is 0 Å². The number of amides is 2. The molecule has 33 heavy (non-hydrogen) atoms. The van der Waals surface area contributed by atoms with E-state index in [2.05, 4.69) is 48.5 Å². The molecule has 0 radical (unpaired) electrons. The fraction of sp³-hybridized carbons (Fsp3) is 0.143. The molecule has 1 aromatic heterocycles. The summed E-state index contributed by atoms with van der Waals surface area (Å²) in [4.78, 5) is 17.0. The number of hydrogen-bond donors (Lipinski definition) is 2. The molecule has 3 aromatic carbocycles. The van der Waals surface area contributed by atoms with Gasteiger partial charge in [0.2, 0.25) is 5.88 Å². The number of aromatic nitrogens is 1. The topological polar surface area (TPSA) is 63.2 Å². The van der Waals surface area contributed by atoms with Gasteiger partial charge in [-0.25, -0.2) is 9.78 Å². The third kappa shape index (κ3) is 5.57. The predicted octanol–water partition coefficient (Wildman–Crippen LogP) is 7.48. The zero-order valence-corrected chi connectivity index (χ0v) is 19.0. The van der Waals surface area contributed by atoms with Crippen molar-refractivity contribution >= 4 is 17.4 Å². The molecule has 166 valence electrons. The molecule has 1 heterocycles. The van der Waals surface area contributed by atoms with Gasteiger partial charge in [-0.3, -0.25) is 0 Å². The highest BCUT2D eigenvalue weighted by molar-refractivity contribution is 6.00. The zero-order chi connectivity index (χ0) is 23.3. The second-order valence-corrected chi connectivity index (χ2v) is 8.73. The van der Waals surface area contributed by atoms with Crippen LogP contribution >= 0.6 is 0 Å². The normalized spacial score (nSPS) is 11.0. The van der Waals surface area contributed by atoms with Gasteiger partial charge in [0, 0.05) is 17.4 Å². The second kappa shape index (κ2) is 9.57. The minimum atomic E-state index is -0.371. The SMILES string of the molecule is CC(C)(C)c1ccccc1Oc1ncccc1NC(=O)Nc1ccc(-c2ccccc2)cc1. The first-order valence-corrected chi connectivity index (χ1v) is 10.9. The van der Waals surface area contributed by atoms with E-state index in [9.17, 15) is 4.79 Å². The number of benzene rings is 3. The Morgan fingerprint density at radius 2 is 1.42 bits per heavy atom. The third-order valence-corrected chi connectivity index (χ3v) is 5.17. The lowest BCUT2D eigenvalue weighted by Gasteiger charge is -2.22. The van der Waals surface area contributed by atoms with E-state index in [0.717, 1.165) is 16.7 Å². The second-order valence-electron chi connectivity index (χ2n) is 8.73. The smallest absolute Gasteiger partial charge is 0.323 e. The molecule has 0 bridgehead atoms. The predicted molar refractivity (Wildman–Crippen MR) is 134 cm³/mol. The van der Waals surface area contributed by atoms with Crippen molar-refractivity contribution in [2.24, 2.45) is 0 Å². The summed E-state index contributed by atoms with van der Waals surface area (Å²) in [5, 5.41) is 5.71. The van der Waals surface area contributed by atoms with Crippen molar-refractivity contribution in [3.63, 3.8) is 0 Å². The molecule has 0 fully saturated rings. The lowest BCUT2D eigenvalue weighted by Crippen LogP contribution is -2.20. The van der Waals surface area contributed by atoms with Gasteiger partial charge in [0.05, 0.1) is 0 Å². The Labute approximate surface area is 194 Å². The van der Waals surface area contributed by atoms with Gasteiger partial charge < -0.3 is 15.4 Å². The Bertz CT molecular complexity index is 1230. The quantitative estimate of drug-likeness (QED) is 0.340. The van der Waals surface area contributed by atoms with Crippen LogP contribution in [0.4, 0.5) is 16.2 Å². The van der Waals surface area contributed by atoms with Crippen LogP contribution < -0.4 is 15.4 Å². The van der Waals surface area contributed by atoms with Crippen LogP contribution in [0.3, 0.4) is 0 Å². The summed E-state index contributed by atoms with van der Waals surface area (Å²) < 4.78 is 6.13. The van der Waals surface area contributed by atoms with E-state index < -0.39 is 0 Å². The molecular formula is C28H27N3O2. The number of rotatable bonds is 5. The lowest BCUT2D eigenvalue weighted by atomic mass is 9.86. The number of urea groups is 1. The minimum absolute atomic E-state index is 0.0950. The molecule has 4 rings (SSSR count). The molecule has 0 aliphatic heterocycles. The fourth-order valence-electron chi connectivity index (χ4n) is 3.51. The van der Waals surface area contributed by atoms with Crippen LogP contribution in [0.15, 0.2) is 97.2 Å². The first-order chi connectivity index (χ1) is 15.9. The van der Waals surface area contributed by atoms with Crippen molar-refractivity contribution in [3.8, 4) is 22.8 Å². The highest BCUT2D eigenvalue weighted by Crippen LogP contribution is 2.35. The number of ether oxygens (including phenoxy) is 1. The molecule has 0 unspecified atom stereocenters. The number of carbonyl (C=O) groups excluding carboxylic acids is 1. The van der Waals surface area contributed by atoms with Crippen molar-refractivity contribution in [2.45, 2.75) is 26.2 Å². The maximum atomic E-state index is 12.7. The fourth-order valence-corrected chi connectivity index (χ4v) is 3.51. The van der Waals surface area contributed by atoms with Crippen molar-refractivity contribution in [2.75, 3.05) is 10.6 Å². The summed E-state index contributed by atoms with van der Waals surface area (Å²) >= 11 is 0. The highest BCUT2D eigenvalue weighted by atomic mass is 16.5. The number of carbonyl (C=O) groups is 1. The number of anilines is 2. The van der Waals surface area contributed by atoms with Crippen LogP contribution in [0.2, 0.25) is 0 Å². The molecule has 2 amide bonds. The summed E-state index contributed by atoms with van der Waals surface area (Å²) in [6.07, 6.45) is 1.64. The molecule has 0 saturated heterocycles. The Morgan fingerprint density at radius 3 is 2.15 bits per heavy atom. The van der Waals surface area contributed by atoms with Gasteiger partial charge in [0.25, 0.3) is 0 Å². The van der Waals surface area contributed by atoms with E-state index in [1.54, 1.807) is 18.3 Å². The van der Waals surface area contributed by atoms with Crippen molar-refractivity contribution < 1.29 is 9.53 Å². The van der Waals surface area contributed by atoms with Crippen LogP contribution in [0.25, 0.3) is 11.1 Å². The number of nitrogens with zero attached hydrogens (tertiary/aromatic N) is 1. The van der Waals surface area contributed by atoms with E-state index in [4.69, 9.17) is 4.74 Å². The van der Waals surface area contributed by atoms with Crippen LogP contribution in [0.5, 0.6) is 11.6 Å². The Balaban J connectivity index is 1.47. The van der Waals surface area contributed by atoms with Crippen molar-refractivity contribution in [3.05, 3.63) is 103 Å². The number of nitrogens with one attached hydrogen (secondary N) is 2. The lowest BCUT2D eigenvalue weighted by molar-refractivity contribution is 0.262. The van der Waals surface area contributed by atoms with Gasteiger partial charge in [0.15, 0.2) is 0 Å². The first-order valence-electron chi connectivity index (χ1n) is 10.9. The summed E-state index contributed by atoms with van der Waals surface area (Å²) in [5.74, 6) is 1.05. The van der Waals surface area contributed by atoms with Gasteiger partial charge in [-0.05, 0) is 46.9 Å². The highest BCUT2D eigenvalue weighted by Gasteiger charge is 2.20. The molecule has 0 spiro atoms. The molecule has 5 heteroatoms. The van der Waals surface area contributed by atoms with Gasteiger partial charge in [-0.2, -0.15) is 0 Å². The van der Waals surface area contributed by atoms with Crippen LogP contribution in [0, 0.1) is 0 Å². The van der Waals surface area contributed by atoms with E-state index in [-0.39, 0.29) is 11.4 Å². The first kappa shape index (κ1) is 22.1. The number of pyridine rings is 1. The molecular weight excluding hydrogens is 410 g/mol. The van der Waals surface area contributed by atoms with Crippen molar-refractivity contribution in [1.29, 1.82) is 0 Å². The molecule has 0 aliphatic rings. The maximum absolute atomic E-state index is 12.7. The zero-order valence-electron chi connectivity index (χ0n) is 19.0. The standard InChI is InChI=1S/C28H27N3O2/c1-28(2,3)23-12-7-8-14-25(23)33-26-24(13-9-19-29-26)31-27(32)30-22-17-15-21(16-18-22)20-10-5-4-6-11-20/h4-19H,1-3H3,(H2,30,31,32). The average Bonchev–Trinajstić information content (AvgIpc) is 2.81. The molecule has 0 aliphatic carbocycles. The van der Waals surface area contributed by atoms with E-state index in [1.807, 2.05) is 66.7 Å². The van der Waals surface area contributed by atoms with Gasteiger partial charge in [-0.1, -0.05) is 81.4 Å². The monoisotopic (exact) mass is 437 g/mol. The van der Waals surface area contributed by atoms with Crippen LogP contribution in [-0.2, 0) is 5.41 Å². The third-order valence-electron chi connectivity index (χ3n) is 5.17. The van der Waals surface area contributed by atoms with Crippen LogP contribution in [0.1, 0.15) is 26.3 Å². The average molecular weight is 438 g/mol. The number of para-hydroxylation sites is 1. The van der Waals surface area contributed by atoms with E-state index in [0.29, 0.717) is 23.0 Å². The summed E-state index contributed by atoms with van der Waals surface area (Å²) in [5.41, 5.74) is 4.35. The van der Waals surface area contributed by atoms with Gasteiger partial charge in [-0.15, -0.1) is 0 Å². The Morgan fingerprint density at radius 1 is 0.758 bits per heavy atom.